The van der Waals surface area contributed by atoms with E-state index in [1.54, 1.807) is 0 Å². The van der Waals surface area contributed by atoms with Gasteiger partial charge in [0.2, 0.25) is 0 Å². The van der Waals surface area contributed by atoms with Crippen molar-refractivity contribution >= 4 is 28.3 Å². The molecule has 1 amide bonds. The Morgan fingerprint density at radius 1 is 1.20 bits per heavy atom. The number of nitro benzene ring substituents is 1. The third-order valence-corrected chi connectivity index (χ3v) is 5.81. The molecule has 0 aliphatic carbocycles. The predicted molar refractivity (Wildman–Crippen MR) is 115 cm³/mol. The summed E-state index contributed by atoms with van der Waals surface area (Å²) >= 11 is 0. The number of likely N-dealkylation sites (tertiary alicyclic amines) is 1. The number of fused-ring (bicyclic) bond motifs is 1. The average Bonchev–Trinajstić information content (AvgIpc) is 3.04. The van der Waals surface area contributed by atoms with Crippen molar-refractivity contribution in [2.45, 2.75) is 26.3 Å². The zero-order valence-electron chi connectivity index (χ0n) is 17.2. The summed E-state index contributed by atoms with van der Waals surface area (Å²) in [6.07, 6.45) is 2.45. The molecule has 1 saturated heterocycles. The van der Waals surface area contributed by atoms with Crippen LogP contribution in [-0.2, 0) is 13.6 Å². The Morgan fingerprint density at radius 2 is 1.90 bits per heavy atom. The number of imidazole rings is 1. The SMILES string of the molecule is CC1CCN(Cc2nc3cc(NC(=O)c4ccc([N+](=O)[O-])cc4)ccc3n2C)CC1. The van der Waals surface area contributed by atoms with Gasteiger partial charge in [0, 0.05) is 30.4 Å². The molecule has 8 nitrogen and oxygen atoms in total. The van der Waals surface area contributed by atoms with Gasteiger partial charge in [0.05, 0.1) is 22.5 Å². The fourth-order valence-corrected chi connectivity index (χ4v) is 3.83. The Morgan fingerprint density at radius 3 is 2.57 bits per heavy atom. The molecule has 0 atom stereocenters. The lowest BCUT2D eigenvalue weighted by Crippen LogP contribution is -2.33. The van der Waals surface area contributed by atoms with Gasteiger partial charge in [0.1, 0.15) is 5.82 Å². The van der Waals surface area contributed by atoms with Crippen LogP contribution in [0.2, 0.25) is 0 Å². The highest BCUT2D eigenvalue weighted by Gasteiger charge is 2.18. The number of carbonyl (C=O) groups is 1. The van der Waals surface area contributed by atoms with E-state index in [1.165, 1.54) is 37.1 Å². The maximum atomic E-state index is 12.5. The van der Waals surface area contributed by atoms with Crippen LogP contribution in [0, 0.1) is 16.0 Å². The molecule has 0 bridgehead atoms. The number of anilines is 1. The molecule has 1 aromatic heterocycles. The van der Waals surface area contributed by atoms with E-state index in [0.29, 0.717) is 11.3 Å². The fraction of sp³-hybridized carbons (Fsp3) is 0.364. The number of nitrogens with one attached hydrogen (secondary N) is 1. The second-order valence-corrected chi connectivity index (χ2v) is 8.01. The van der Waals surface area contributed by atoms with E-state index in [0.717, 1.165) is 42.4 Å². The lowest BCUT2D eigenvalue weighted by Gasteiger charge is -2.29. The van der Waals surface area contributed by atoms with Crippen LogP contribution in [0.4, 0.5) is 11.4 Å². The van der Waals surface area contributed by atoms with Crippen molar-refractivity contribution in [3.05, 3.63) is 64.0 Å². The third kappa shape index (κ3) is 4.18. The van der Waals surface area contributed by atoms with Crippen LogP contribution in [0.15, 0.2) is 42.5 Å². The van der Waals surface area contributed by atoms with Crippen LogP contribution in [-0.4, -0.2) is 38.4 Å². The zero-order valence-corrected chi connectivity index (χ0v) is 17.2. The first kappa shape index (κ1) is 20.0. The highest BCUT2D eigenvalue weighted by atomic mass is 16.6. The molecule has 8 heteroatoms. The van der Waals surface area contributed by atoms with Gasteiger partial charge in [0.15, 0.2) is 0 Å². The van der Waals surface area contributed by atoms with E-state index in [9.17, 15) is 14.9 Å². The quantitative estimate of drug-likeness (QED) is 0.510. The Hall–Kier alpha value is -3.26. The number of rotatable bonds is 5. The Balaban J connectivity index is 1.49. The van der Waals surface area contributed by atoms with Crippen molar-refractivity contribution in [2.75, 3.05) is 18.4 Å². The van der Waals surface area contributed by atoms with Gasteiger partial charge in [-0.1, -0.05) is 6.92 Å². The standard InChI is InChI=1S/C22H25N5O3/c1-15-9-11-26(12-10-15)14-21-24-19-13-17(5-8-20(19)25(21)2)23-22(28)16-3-6-18(7-4-16)27(29)30/h3-8,13,15H,9-12,14H2,1-2H3,(H,23,28). The number of aromatic nitrogens is 2. The first-order chi connectivity index (χ1) is 14.4. The van der Waals surface area contributed by atoms with E-state index in [4.69, 9.17) is 4.98 Å². The highest BCUT2D eigenvalue weighted by molar-refractivity contribution is 6.05. The summed E-state index contributed by atoms with van der Waals surface area (Å²) in [7, 11) is 2.02. The molecule has 0 spiro atoms. The number of piperidine rings is 1. The molecule has 30 heavy (non-hydrogen) atoms. The van der Waals surface area contributed by atoms with Crippen LogP contribution >= 0.6 is 0 Å². The summed E-state index contributed by atoms with van der Waals surface area (Å²) in [5.74, 6) is 1.49. The van der Waals surface area contributed by atoms with Gasteiger partial charge >= 0.3 is 0 Å². The molecule has 2 heterocycles. The zero-order chi connectivity index (χ0) is 21.3. The van der Waals surface area contributed by atoms with Crippen LogP contribution in [0.1, 0.15) is 35.9 Å². The number of aryl methyl sites for hydroxylation is 1. The molecule has 0 unspecified atom stereocenters. The summed E-state index contributed by atoms with van der Waals surface area (Å²) in [4.78, 5) is 30.0. The first-order valence-electron chi connectivity index (χ1n) is 10.1. The van der Waals surface area contributed by atoms with Crippen LogP contribution in [0.3, 0.4) is 0 Å². The van der Waals surface area contributed by atoms with Gasteiger partial charge < -0.3 is 9.88 Å². The molecule has 4 rings (SSSR count). The molecule has 1 fully saturated rings. The molecular weight excluding hydrogens is 382 g/mol. The second kappa shape index (κ2) is 8.23. The Kier molecular flexibility index (Phi) is 5.50. The van der Waals surface area contributed by atoms with E-state index in [1.807, 2.05) is 25.2 Å². The molecule has 0 saturated carbocycles. The number of amides is 1. The molecule has 1 aliphatic heterocycles. The van der Waals surface area contributed by atoms with Gasteiger partial charge in [-0.15, -0.1) is 0 Å². The molecule has 0 radical (unpaired) electrons. The molecule has 1 N–H and O–H groups in total. The lowest BCUT2D eigenvalue weighted by molar-refractivity contribution is -0.384. The maximum Gasteiger partial charge on any atom is 0.269 e. The van der Waals surface area contributed by atoms with E-state index in [-0.39, 0.29) is 11.6 Å². The minimum absolute atomic E-state index is 0.0443. The van der Waals surface area contributed by atoms with E-state index in [2.05, 4.69) is 21.7 Å². The van der Waals surface area contributed by atoms with Crippen LogP contribution in [0.5, 0.6) is 0 Å². The summed E-state index contributed by atoms with van der Waals surface area (Å²) in [5.41, 5.74) is 2.81. The molecule has 156 valence electrons. The Labute approximate surface area is 174 Å². The normalized spacial score (nSPS) is 15.4. The summed E-state index contributed by atoms with van der Waals surface area (Å²) in [5, 5.41) is 13.6. The van der Waals surface area contributed by atoms with Crippen molar-refractivity contribution in [1.29, 1.82) is 0 Å². The Bertz CT molecular complexity index is 1080. The number of carbonyl (C=O) groups excluding carboxylic acids is 1. The highest BCUT2D eigenvalue weighted by Crippen LogP contribution is 2.23. The molecule has 3 aromatic rings. The van der Waals surface area contributed by atoms with Crippen molar-refractivity contribution < 1.29 is 9.72 Å². The minimum atomic E-state index is -0.487. The average molecular weight is 407 g/mol. The van der Waals surface area contributed by atoms with E-state index >= 15 is 0 Å². The smallest absolute Gasteiger partial charge is 0.269 e. The van der Waals surface area contributed by atoms with E-state index < -0.39 is 4.92 Å². The van der Waals surface area contributed by atoms with Gasteiger partial charge in [0.25, 0.3) is 11.6 Å². The minimum Gasteiger partial charge on any atom is -0.330 e. The molecule has 1 aliphatic rings. The largest absolute Gasteiger partial charge is 0.330 e. The van der Waals surface area contributed by atoms with Crippen molar-refractivity contribution in [1.82, 2.24) is 14.5 Å². The first-order valence-corrected chi connectivity index (χ1v) is 10.1. The van der Waals surface area contributed by atoms with Gasteiger partial charge in [-0.2, -0.15) is 0 Å². The van der Waals surface area contributed by atoms with Crippen molar-refractivity contribution in [3.63, 3.8) is 0 Å². The van der Waals surface area contributed by atoms with Gasteiger partial charge in [-0.3, -0.25) is 19.8 Å². The van der Waals surface area contributed by atoms with Crippen molar-refractivity contribution in [3.8, 4) is 0 Å². The number of non-ortho nitro benzene ring substituents is 1. The molecule has 2 aromatic carbocycles. The van der Waals surface area contributed by atoms with Gasteiger partial charge in [-0.05, 0) is 62.2 Å². The predicted octanol–water partition coefficient (Wildman–Crippen LogP) is 3.97. The van der Waals surface area contributed by atoms with Gasteiger partial charge in [-0.25, -0.2) is 4.98 Å². The summed E-state index contributed by atoms with van der Waals surface area (Å²) in [6.45, 7) is 5.32. The number of benzene rings is 2. The topological polar surface area (TPSA) is 93.3 Å². The number of nitro groups is 1. The fourth-order valence-electron chi connectivity index (χ4n) is 3.83. The number of hydrogen-bond acceptors (Lipinski definition) is 5. The third-order valence-electron chi connectivity index (χ3n) is 5.81. The van der Waals surface area contributed by atoms with Crippen molar-refractivity contribution in [2.24, 2.45) is 13.0 Å². The lowest BCUT2D eigenvalue weighted by atomic mass is 9.99. The van der Waals surface area contributed by atoms with Crippen LogP contribution < -0.4 is 5.32 Å². The monoisotopic (exact) mass is 407 g/mol. The maximum absolute atomic E-state index is 12.5. The second-order valence-electron chi connectivity index (χ2n) is 8.01. The molecular formula is C22H25N5O3. The number of nitrogens with zero attached hydrogens (tertiary/aromatic N) is 4. The van der Waals surface area contributed by atoms with Crippen LogP contribution in [0.25, 0.3) is 11.0 Å². The summed E-state index contributed by atoms with van der Waals surface area (Å²) in [6, 6.07) is 11.2. The number of hydrogen-bond donors (Lipinski definition) is 1. The summed E-state index contributed by atoms with van der Waals surface area (Å²) < 4.78 is 2.11.